The number of nitrogens with one attached hydrogen (secondary N) is 2. The molecule has 1 aromatic carbocycles. The Morgan fingerprint density at radius 3 is 2.60 bits per heavy atom. The monoisotopic (exact) mass is 298 g/mol. The summed E-state index contributed by atoms with van der Waals surface area (Å²) in [5, 5.41) is 6.60. The Labute approximate surface area is 125 Å². The number of rotatable bonds is 5. The fraction of sp³-hybridized carbons (Fsp3) is 0.533. The second kappa shape index (κ2) is 6.95. The molecular formula is C15H23ClN2O2. The molecule has 0 aliphatic heterocycles. The Morgan fingerprint density at radius 1 is 1.40 bits per heavy atom. The van der Waals surface area contributed by atoms with E-state index in [4.69, 9.17) is 16.3 Å². The minimum atomic E-state index is -0.547. The fourth-order valence-electron chi connectivity index (χ4n) is 1.61. The summed E-state index contributed by atoms with van der Waals surface area (Å²) in [6.07, 6.45) is -0.547. The van der Waals surface area contributed by atoms with Gasteiger partial charge in [-0.2, -0.15) is 0 Å². The first kappa shape index (κ1) is 16.8. The van der Waals surface area contributed by atoms with Crippen LogP contribution in [0.25, 0.3) is 0 Å². The summed E-state index contributed by atoms with van der Waals surface area (Å²) >= 11 is 6.03. The van der Waals surface area contributed by atoms with Crippen LogP contribution in [0.15, 0.2) is 18.2 Å². The number of halogens is 1. The predicted octanol–water partition coefficient (Wildman–Crippen LogP) is 2.74. The molecule has 4 nitrogen and oxygen atoms in total. The Kier molecular flexibility index (Phi) is 5.84. The standard InChI is InChI=1S/C15H23ClN2O2/c1-10(14(19)17-5)20-13-7-6-12(16)8-11(13)9-18-15(2,3)4/h6-8,10,18H,9H2,1-5H3,(H,17,19). The van der Waals surface area contributed by atoms with Gasteiger partial charge in [-0.05, 0) is 45.9 Å². The van der Waals surface area contributed by atoms with Crippen LogP contribution in [-0.2, 0) is 11.3 Å². The molecule has 0 fully saturated rings. The van der Waals surface area contributed by atoms with Crippen LogP contribution in [0.1, 0.15) is 33.3 Å². The van der Waals surface area contributed by atoms with Gasteiger partial charge in [0.2, 0.25) is 0 Å². The van der Waals surface area contributed by atoms with Crippen LogP contribution < -0.4 is 15.4 Å². The Hall–Kier alpha value is -1.26. The highest BCUT2D eigenvalue weighted by Gasteiger charge is 2.16. The lowest BCUT2D eigenvalue weighted by Gasteiger charge is -2.22. The first-order valence-corrected chi connectivity index (χ1v) is 7.02. The Bertz CT molecular complexity index is 469. The van der Waals surface area contributed by atoms with E-state index in [0.29, 0.717) is 17.3 Å². The quantitative estimate of drug-likeness (QED) is 0.879. The molecule has 2 N–H and O–H groups in total. The van der Waals surface area contributed by atoms with Crippen molar-refractivity contribution in [1.82, 2.24) is 10.6 Å². The zero-order chi connectivity index (χ0) is 15.3. The number of carbonyl (C=O) groups is 1. The third-order valence-electron chi connectivity index (χ3n) is 2.75. The molecule has 0 bridgehead atoms. The zero-order valence-corrected chi connectivity index (χ0v) is 13.5. The van der Waals surface area contributed by atoms with E-state index in [1.165, 1.54) is 0 Å². The van der Waals surface area contributed by atoms with E-state index in [1.807, 2.05) is 6.07 Å². The first-order chi connectivity index (χ1) is 9.23. The highest BCUT2D eigenvalue weighted by Crippen LogP contribution is 2.24. The van der Waals surface area contributed by atoms with Crippen molar-refractivity contribution >= 4 is 17.5 Å². The van der Waals surface area contributed by atoms with Crippen molar-refractivity contribution in [3.05, 3.63) is 28.8 Å². The minimum absolute atomic E-state index is 0.00794. The van der Waals surface area contributed by atoms with Crippen molar-refractivity contribution in [2.45, 2.75) is 45.9 Å². The van der Waals surface area contributed by atoms with E-state index in [9.17, 15) is 4.79 Å². The van der Waals surface area contributed by atoms with E-state index in [2.05, 4.69) is 31.4 Å². The number of hydrogen-bond donors (Lipinski definition) is 2. The van der Waals surface area contributed by atoms with Crippen molar-refractivity contribution in [2.24, 2.45) is 0 Å². The molecule has 1 aromatic rings. The summed E-state index contributed by atoms with van der Waals surface area (Å²) in [5.74, 6) is 0.511. The van der Waals surface area contributed by atoms with Gasteiger partial charge in [0.15, 0.2) is 6.10 Å². The van der Waals surface area contributed by atoms with Crippen molar-refractivity contribution in [1.29, 1.82) is 0 Å². The van der Waals surface area contributed by atoms with Gasteiger partial charge >= 0.3 is 0 Å². The maximum atomic E-state index is 11.5. The summed E-state index contributed by atoms with van der Waals surface area (Å²) in [6, 6.07) is 5.40. The third kappa shape index (κ3) is 5.39. The summed E-state index contributed by atoms with van der Waals surface area (Å²) < 4.78 is 5.71. The molecule has 1 amide bonds. The number of likely N-dealkylation sites (N-methyl/N-ethyl adjacent to an activating group) is 1. The molecule has 1 unspecified atom stereocenters. The molecule has 1 rings (SSSR count). The largest absolute Gasteiger partial charge is 0.481 e. The van der Waals surface area contributed by atoms with Crippen molar-refractivity contribution in [3.8, 4) is 5.75 Å². The van der Waals surface area contributed by atoms with Gasteiger partial charge in [-0.3, -0.25) is 4.79 Å². The average Bonchev–Trinajstić information content (AvgIpc) is 2.36. The van der Waals surface area contributed by atoms with E-state index in [1.54, 1.807) is 26.1 Å². The maximum Gasteiger partial charge on any atom is 0.260 e. The lowest BCUT2D eigenvalue weighted by atomic mass is 10.1. The number of ether oxygens (including phenoxy) is 1. The molecule has 5 heteroatoms. The molecular weight excluding hydrogens is 276 g/mol. The topological polar surface area (TPSA) is 50.4 Å². The Balaban J connectivity index is 2.87. The molecule has 0 heterocycles. The molecule has 0 saturated carbocycles. The van der Waals surface area contributed by atoms with Crippen LogP contribution in [0.5, 0.6) is 5.75 Å². The number of benzene rings is 1. The summed E-state index contributed by atoms with van der Waals surface area (Å²) in [6.45, 7) is 8.61. The Morgan fingerprint density at radius 2 is 2.05 bits per heavy atom. The van der Waals surface area contributed by atoms with Gasteiger partial charge in [-0.1, -0.05) is 11.6 Å². The normalized spacial score (nSPS) is 12.9. The van der Waals surface area contributed by atoms with Crippen molar-refractivity contribution < 1.29 is 9.53 Å². The van der Waals surface area contributed by atoms with Crippen LogP contribution in [0.4, 0.5) is 0 Å². The van der Waals surface area contributed by atoms with Gasteiger partial charge in [-0.15, -0.1) is 0 Å². The van der Waals surface area contributed by atoms with Crippen LogP contribution in [0.3, 0.4) is 0 Å². The molecule has 0 aromatic heterocycles. The smallest absolute Gasteiger partial charge is 0.260 e. The van der Waals surface area contributed by atoms with Gasteiger partial charge < -0.3 is 15.4 Å². The highest BCUT2D eigenvalue weighted by molar-refractivity contribution is 6.30. The molecule has 20 heavy (non-hydrogen) atoms. The number of amides is 1. The fourth-order valence-corrected chi connectivity index (χ4v) is 1.80. The van der Waals surface area contributed by atoms with E-state index in [-0.39, 0.29) is 11.4 Å². The number of hydrogen-bond acceptors (Lipinski definition) is 3. The third-order valence-corrected chi connectivity index (χ3v) is 2.99. The van der Waals surface area contributed by atoms with Gasteiger partial charge in [0.25, 0.3) is 5.91 Å². The molecule has 1 atom stereocenters. The molecule has 0 aliphatic rings. The van der Waals surface area contributed by atoms with Crippen LogP contribution in [0, 0.1) is 0 Å². The van der Waals surface area contributed by atoms with Crippen LogP contribution in [-0.4, -0.2) is 24.6 Å². The summed E-state index contributed by atoms with van der Waals surface area (Å²) in [5.41, 5.74) is 0.926. The van der Waals surface area contributed by atoms with Gasteiger partial charge in [-0.25, -0.2) is 0 Å². The highest BCUT2D eigenvalue weighted by atomic mass is 35.5. The van der Waals surface area contributed by atoms with Gasteiger partial charge in [0.1, 0.15) is 5.75 Å². The molecule has 0 aliphatic carbocycles. The SMILES string of the molecule is CNC(=O)C(C)Oc1ccc(Cl)cc1CNC(C)(C)C. The average molecular weight is 299 g/mol. The predicted molar refractivity (Wildman–Crippen MR) is 82.2 cm³/mol. The number of carbonyl (C=O) groups excluding carboxylic acids is 1. The molecule has 112 valence electrons. The van der Waals surface area contributed by atoms with Crippen molar-refractivity contribution in [3.63, 3.8) is 0 Å². The molecule has 0 saturated heterocycles. The lowest BCUT2D eigenvalue weighted by Crippen LogP contribution is -2.36. The van der Waals surface area contributed by atoms with E-state index >= 15 is 0 Å². The lowest BCUT2D eigenvalue weighted by molar-refractivity contribution is -0.126. The van der Waals surface area contributed by atoms with E-state index in [0.717, 1.165) is 5.56 Å². The second-order valence-electron chi connectivity index (χ2n) is 5.73. The van der Waals surface area contributed by atoms with Crippen LogP contribution >= 0.6 is 11.6 Å². The maximum absolute atomic E-state index is 11.5. The minimum Gasteiger partial charge on any atom is -0.481 e. The summed E-state index contributed by atoms with van der Waals surface area (Å²) in [7, 11) is 1.59. The van der Waals surface area contributed by atoms with Crippen molar-refractivity contribution in [2.75, 3.05) is 7.05 Å². The van der Waals surface area contributed by atoms with E-state index < -0.39 is 6.10 Å². The second-order valence-corrected chi connectivity index (χ2v) is 6.17. The molecule has 0 spiro atoms. The van der Waals surface area contributed by atoms with Crippen LogP contribution in [0.2, 0.25) is 5.02 Å². The van der Waals surface area contributed by atoms with Gasteiger partial charge in [0, 0.05) is 29.7 Å². The first-order valence-electron chi connectivity index (χ1n) is 6.64. The van der Waals surface area contributed by atoms with Gasteiger partial charge in [0.05, 0.1) is 0 Å². The summed E-state index contributed by atoms with van der Waals surface area (Å²) in [4.78, 5) is 11.5. The zero-order valence-electron chi connectivity index (χ0n) is 12.7. The molecule has 0 radical (unpaired) electrons.